The van der Waals surface area contributed by atoms with Crippen molar-refractivity contribution in [1.82, 2.24) is 4.98 Å². The van der Waals surface area contributed by atoms with Gasteiger partial charge in [0.2, 0.25) is 0 Å². The molecule has 0 aliphatic carbocycles. The molecule has 0 N–H and O–H groups in total. The van der Waals surface area contributed by atoms with E-state index in [1.165, 1.54) is 30.3 Å². The molecule has 7 heteroatoms. The van der Waals surface area contributed by atoms with Gasteiger partial charge in [-0.05, 0) is 30.7 Å². The van der Waals surface area contributed by atoms with Gasteiger partial charge in [-0.1, -0.05) is 37.1 Å². The van der Waals surface area contributed by atoms with Crippen LogP contribution >= 0.6 is 11.6 Å². The first-order valence-electron chi connectivity index (χ1n) is 7.33. The lowest BCUT2D eigenvalue weighted by molar-refractivity contribution is 0.0492. The van der Waals surface area contributed by atoms with Crippen LogP contribution in [0, 0.1) is 5.82 Å². The fraction of sp³-hybridized carbons (Fsp3) is 0.235. The van der Waals surface area contributed by atoms with Crippen LogP contribution in [0.25, 0.3) is 0 Å². The molecule has 0 bridgehead atoms. The van der Waals surface area contributed by atoms with E-state index in [1.54, 1.807) is 0 Å². The minimum absolute atomic E-state index is 0.0276. The molecule has 1 aromatic carbocycles. The van der Waals surface area contributed by atoms with Crippen molar-refractivity contribution >= 4 is 23.5 Å². The highest BCUT2D eigenvalue weighted by Crippen LogP contribution is 2.27. The van der Waals surface area contributed by atoms with Crippen molar-refractivity contribution < 1.29 is 23.5 Å². The molecule has 0 spiro atoms. The number of benzene rings is 1. The van der Waals surface area contributed by atoms with E-state index in [0.29, 0.717) is 0 Å². The largest absolute Gasteiger partial charge is 0.461 e. The number of aromatic nitrogens is 1. The number of nitrogens with zero attached hydrogens (tertiary/aromatic N) is 1. The van der Waals surface area contributed by atoms with E-state index >= 15 is 0 Å². The quantitative estimate of drug-likeness (QED) is 0.446. The molecular formula is C17H15ClFNO4. The zero-order valence-corrected chi connectivity index (χ0v) is 13.7. The highest BCUT2D eigenvalue weighted by molar-refractivity contribution is 6.32. The first-order valence-corrected chi connectivity index (χ1v) is 7.71. The van der Waals surface area contributed by atoms with Gasteiger partial charge in [0.1, 0.15) is 11.4 Å². The number of esters is 2. The maximum atomic E-state index is 13.7. The standard InChI is InChI=1S/C17H15ClFNO4/c1-2-3-10-23-16(21)13-8-5-9-14(20-13)17(22)24-15-11(18)6-4-7-12(15)19/h4-9H,2-3,10H2,1H3. The number of para-hydroxylation sites is 1. The van der Waals surface area contributed by atoms with Gasteiger partial charge in [-0.25, -0.2) is 19.0 Å². The summed E-state index contributed by atoms with van der Waals surface area (Å²) < 4.78 is 23.6. The Morgan fingerprint density at radius 2 is 1.79 bits per heavy atom. The third-order valence-electron chi connectivity index (χ3n) is 3.01. The Morgan fingerprint density at radius 1 is 1.12 bits per heavy atom. The number of rotatable bonds is 6. The van der Waals surface area contributed by atoms with Crippen LogP contribution in [-0.4, -0.2) is 23.5 Å². The van der Waals surface area contributed by atoms with Crippen molar-refractivity contribution in [1.29, 1.82) is 0 Å². The zero-order valence-electron chi connectivity index (χ0n) is 12.9. The van der Waals surface area contributed by atoms with Gasteiger partial charge in [0.25, 0.3) is 0 Å². The van der Waals surface area contributed by atoms with Crippen LogP contribution in [-0.2, 0) is 4.74 Å². The molecule has 0 aliphatic heterocycles. The average molecular weight is 352 g/mol. The predicted octanol–water partition coefficient (Wildman–Crippen LogP) is 4.05. The van der Waals surface area contributed by atoms with Gasteiger partial charge in [0.05, 0.1) is 11.6 Å². The monoisotopic (exact) mass is 351 g/mol. The summed E-state index contributed by atoms with van der Waals surface area (Å²) in [4.78, 5) is 27.8. The van der Waals surface area contributed by atoms with Crippen LogP contribution in [0.2, 0.25) is 5.02 Å². The summed E-state index contributed by atoms with van der Waals surface area (Å²) >= 11 is 5.80. The predicted molar refractivity (Wildman–Crippen MR) is 85.8 cm³/mol. The number of carbonyl (C=O) groups excluding carboxylic acids is 2. The van der Waals surface area contributed by atoms with Crippen molar-refractivity contribution in [2.75, 3.05) is 6.61 Å². The molecule has 0 unspecified atom stereocenters. The third-order valence-corrected chi connectivity index (χ3v) is 3.31. The van der Waals surface area contributed by atoms with Gasteiger partial charge in [-0.2, -0.15) is 0 Å². The highest BCUT2D eigenvalue weighted by Gasteiger charge is 2.18. The van der Waals surface area contributed by atoms with Crippen molar-refractivity contribution in [3.8, 4) is 5.75 Å². The van der Waals surface area contributed by atoms with Crippen LogP contribution in [0.3, 0.4) is 0 Å². The Kier molecular flexibility index (Phi) is 6.26. The Labute approximate surface area is 143 Å². The molecule has 0 aliphatic rings. The van der Waals surface area contributed by atoms with Gasteiger partial charge in [0.15, 0.2) is 11.6 Å². The number of unbranched alkanes of at least 4 members (excludes halogenated alkanes) is 1. The van der Waals surface area contributed by atoms with Crippen LogP contribution in [0.5, 0.6) is 5.75 Å². The highest BCUT2D eigenvalue weighted by atomic mass is 35.5. The first kappa shape index (κ1) is 17.9. The summed E-state index contributed by atoms with van der Waals surface area (Å²) in [6, 6.07) is 8.12. The van der Waals surface area contributed by atoms with E-state index in [9.17, 15) is 14.0 Å². The van der Waals surface area contributed by atoms with Crippen molar-refractivity contribution in [3.05, 3.63) is 58.6 Å². The molecule has 0 saturated heterocycles. The van der Waals surface area contributed by atoms with Crippen molar-refractivity contribution in [3.63, 3.8) is 0 Å². The fourth-order valence-electron chi connectivity index (χ4n) is 1.77. The van der Waals surface area contributed by atoms with Crippen molar-refractivity contribution in [2.45, 2.75) is 19.8 Å². The molecule has 0 atom stereocenters. The second-order valence-electron chi connectivity index (χ2n) is 4.84. The molecule has 2 aromatic rings. The van der Waals surface area contributed by atoms with Gasteiger partial charge in [-0.3, -0.25) is 0 Å². The van der Waals surface area contributed by atoms with E-state index in [1.807, 2.05) is 6.92 Å². The summed E-state index contributed by atoms with van der Waals surface area (Å²) in [7, 11) is 0. The van der Waals surface area contributed by atoms with Crippen LogP contribution in [0.15, 0.2) is 36.4 Å². The minimum Gasteiger partial charge on any atom is -0.461 e. The Hall–Kier alpha value is -2.47. The second kappa shape index (κ2) is 8.40. The third kappa shape index (κ3) is 4.52. The molecule has 0 fully saturated rings. The van der Waals surface area contributed by atoms with E-state index in [-0.39, 0.29) is 28.8 Å². The summed E-state index contributed by atoms with van der Waals surface area (Å²) in [6.07, 6.45) is 1.62. The normalized spacial score (nSPS) is 10.3. The second-order valence-corrected chi connectivity index (χ2v) is 5.25. The first-order chi connectivity index (χ1) is 11.5. The van der Waals surface area contributed by atoms with Gasteiger partial charge >= 0.3 is 11.9 Å². The number of pyridine rings is 1. The number of carbonyl (C=O) groups is 2. The number of ether oxygens (including phenoxy) is 2. The molecular weight excluding hydrogens is 337 g/mol. The average Bonchev–Trinajstić information content (AvgIpc) is 2.58. The molecule has 0 amide bonds. The summed E-state index contributed by atoms with van der Waals surface area (Å²) in [6.45, 7) is 2.24. The van der Waals surface area contributed by atoms with E-state index in [2.05, 4.69) is 4.98 Å². The van der Waals surface area contributed by atoms with Gasteiger partial charge < -0.3 is 9.47 Å². The van der Waals surface area contributed by atoms with Crippen LogP contribution < -0.4 is 4.74 Å². The molecule has 1 heterocycles. The summed E-state index contributed by atoms with van der Waals surface area (Å²) in [5.74, 6) is -2.72. The molecule has 2 rings (SSSR count). The fourth-order valence-corrected chi connectivity index (χ4v) is 1.97. The molecule has 1 aromatic heterocycles. The van der Waals surface area contributed by atoms with Crippen LogP contribution in [0.1, 0.15) is 40.7 Å². The Balaban J connectivity index is 2.13. The summed E-state index contributed by atoms with van der Waals surface area (Å²) in [5, 5.41) is -0.0431. The molecule has 5 nitrogen and oxygen atoms in total. The Bertz CT molecular complexity index is 731. The number of halogens is 2. The van der Waals surface area contributed by atoms with E-state index in [0.717, 1.165) is 18.9 Å². The lowest BCUT2D eigenvalue weighted by Gasteiger charge is -2.08. The molecule has 24 heavy (non-hydrogen) atoms. The number of hydrogen-bond donors (Lipinski definition) is 0. The van der Waals surface area contributed by atoms with E-state index in [4.69, 9.17) is 21.1 Å². The molecule has 0 saturated carbocycles. The SMILES string of the molecule is CCCCOC(=O)c1cccc(C(=O)Oc2c(F)cccc2Cl)n1. The topological polar surface area (TPSA) is 65.5 Å². The van der Waals surface area contributed by atoms with Crippen molar-refractivity contribution in [2.24, 2.45) is 0 Å². The van der Waals surface area contributed by atoms with Crippen LogP contribution in [0.4, 0.5) is 4.39 Å². The molecule has 126 valence electrons. The Morgan fingerprint density at radius 3 is 2.46 bits per heavy atom. The van der Waals surface area contributed by atoms with E-state index < -0.39 is 17.8 Å². The lowest BCUT2D eigenvalue weighted by atomic mass is 10.3. The maximum absolute atomic E-state index is 13.7. The zero-order chi connectivity index (χ0) is 17.5. The van der Waals surface area contributed by atoms with Gasteiger partial charge in [-0.15, -0.1) is 0 Å². The minimum atomic E-state index is -0.926. The smallest absolute Gasteiger partial charge is 0.362 e. The lowest BCUT2D eigenvalue weighted by Crippen LogP contribution is -2.15. The summed E-state index contributed by atoms with van der Waals surface area (Å²) in [5.41, 5.74) is -0.181. The van der Waals surface area contributed by atoms with Gasteiger partial charge in [0, 0.05) is 0 Å². The maximum Gasteiger partial charge on any atom is 0.362 e. The molecule has 0 radical (unpaired) electrons. The number of hydrogen-bond acceptors (Lipinski definition) is 5.